The van der Waals surface area contributed by atoms with Crippen molar-refractivity contribution in [2.75, 3.05) is 20.8 Å². The number of nitrogens with zero attached hydrogens (tertiary/aromatic N) is 3. The van der Waals surface area contributed by atoms with E-state index in [1.807, 2.05) is 44.3 Å². The molecule has 1 aliphatic heterocycles. The molecule has 0 bridgehead atoms. The van der Waals surface area contributed by atoms with Gasteiger partial charge in [-0.2, -0.15) is 0 Å². The summed E-state index contributed by atoms with van der Waals surface area (Å²) in [6.45, 7) is 6.30. The maximum Gasteiger partial charge on any atom is 0.255 e. The summed E-state index contributed by atoms with van der Waals surface area (Å²) in [5.74, 6) is 2.36. The van der Waals surface area contributed by atoms with Gasteiger partial charge in [-0.15, -0.1) is 0 Å². The third-order valence-corrected chi connectivity index (χ3v) is 5.62. The normalized spacial score (nSPS) is 13.8. The molecule has 0 saturated carbocycles. The van der Waals surface area contributed by atoms with Gasteiger partial charge in [0.25, 0.3) is 5.56 Å². The molecule has 0 radical (unpaired) electrons. The van der Waals surface area contributed by atoms with Gasteiger partial charge in [0.05, 0.1) is 31.2 Å². The Hall–Kier alpha value is -3.19. The lowest BCUT2D eigenvalue weighted by Crippen LogP contribution is -2.36. The topological polar surface area (TPSA) is 80.3 Å². The first-order chi connectivity index (χ1) is 15.0. The van der Waals surface area contributed by atoms with E-state index in [4.69, 9.17) is 9.47 Å². The minimum atomic E-state index is -0.0136. The lowest BCUT2D eigenvalue weighted by molar-refractivity contribution is 0.241. The maximum atomic E-state index is 12.5. The van der Waals surface area contributed by atoms with Crippen LogP contribution in [0.25, 0.3) is 11.3 Å². The molecule has 1 N–H and O–H groups in total. The van der Waals surface area contributed by atoms with Crippen LogP contribution in [0.2, 0.25) is 0 Å². The highest BCUT2D eigenvalue weighted by molar-refractivity contribution is 5.64. The molecule has 0 amide bonds. The summed E-state index contributed by atoms with van der Waals surface area (Å²) in [6, 6.07) is 9.87. The predicted octanol–water partition coefficient (Wildman–Crippen LogP) is 3.53. The number of ether oxygens (including phenoxy) is 2. The van der Waals surface area contributed by atoms with Crippen LogP contribution >= 0.6 is 0 Å². The smallest absolute Gasteiger partial charge is 0.255 e. The number of methoxy groups -OCH3 is 2. The molecule has 3 aromatic rings. The number of aromatic amines is 1. The zero-order valence-corrected chi connectivity index (χ0v) is 18.4. The van der Waals surface area contributed by atoms with Crippen molar-refractivity contribution in [3.63, 3.8) is 0 Å². The largest absolute Gasteiger partial charge is 0.493 e. The summed E-state index contributed by atoms with van der Waals surface area (Å²) in [4.78, 5) is 27.0. The van der Waals surface area contributed by atoms with Crippen LogP contribution in [-0.2, 0) is 19.5 Å². The molecule has 0 aliphatic carbocycles. The molecule has 31 heavy (non-hydrogen) atoms. The highest BCUT2D eigenvalue weighted by atomic mass is 16.5. The fraction of sp³-hybridized carbons (Fsp3) is 0.375. The van der Waals surface area contributed by atoms with Crippen LogP contribution in [0, 0.1) is 0 Å². The molecule has 1 aliphatic rings. The maximum absolute atomic E-state index is 12.5. The van der Waals surface area contributed by atoms with Crippen molar-refractivity contribution in [2.24, 2.45) is 0 Å². The lowest BCUT2D eigenvalue weighted by Gasteiger charge is -2.28. The molecule has 7 heteroatoms. The van der Waals surface area contributed by atoms with Gasteiger partial charge in [0.1, 0.15) is 5.82 Å². The molecular formula is C24H28N4O3. The van der Waals surface area contributed by atoms with Gasteiger partial charge in [-0.25, -0.2) is 4.98 Å². The van der Waals surface area contributed by atoms with Crippen molar-refractivity contribution in [3.8, 4) is 22.8 Å². The van der Waals surface area contributed by atoms with Gasteiger partial charge in [-0.05, 0) is 29.8 Å². The number of aromatic nitrogens is 3. The van der Waals surface area contributed by atoms with E-state index in [-0.39, 0.29) is 11.5 Å². The summed E-state index contributed by atoms with van der Waals surface area (Å²) in [7, 11) is 3.25. The zero-order valence-electron chi connectivity index (χ0n) is 18.4. The minimum Gasteiger partial charge on any atom is -0.493 e. The van der Waals surface area contributed by atoms with Crippen molar-refractivity contribution in [2.45, 2.75) is 39.3 Å². The van der Waals surface area contributed by atoms with Crippen molar-refractivity contribution in [1.29, 1.82) is 0 Å². The Balaban J connectivity index is 1.47. The van der Waals surface area contributed by atoms with Gasteiger partial charge >= 0.3 is 0 Å². The summed E-state index contributed by atoms with van der Waals surface area (Å²) < 4.78 is 10.7. The summed E-state index contributed by atoms with van der Waals surface area (Å²) in [5.41, 5.74) is 4.65. The SMILES string of the molecule is COc1ccc(-c2ccc(CN3CCc4nc(C(C)C)[nH]c(=O)c4C3)cn2)cc1OC. The Morgan fingerprint density at radius 1 is 1.13 bits per heavy atom. The molecule has 3 heterocycles. The number of H-pyrrole nitrogens is 1. The predicted molar refractivity (Wildman–Crippen MR) is 120 cm³/mol. The first-order valence-electron chi connectivity index (χ1n) is 10.5. The molecule has 1 aromatic carbocycles. The average molecular weight is 421 g/mol. The van der Waals surface area contributed by atoms with E-state index in [2.05, 4.69) is 25.9 Å². The van der Waals surface area contributed by atoms with Crippen LogP contribution < -0.4 is 15.0 Å². The molecule has 0 fully saturated rings. The fourth-order valence-corrected chi connectivity index (χ4v) is 3.85. The van der Waals surface area contributed by atoms with Crippen molar-refractivity contribution < 1.29 is 9.47 Å². The first-order valence-corrected chi connectivity index (χ1v) is 10.5. The van der Waals surface area contributed by atoms with E-state index >= 15 is 0 Å². The van der Waals surface area contributed by atoms with E-state index in [1.165, 1.54) is 0 Å². The van der Waals surface area contributed by atoms with Gasteiger partial charge in [-0.1, -0.05) is 19.9 Å². The third-order valence-electron chi connectivity index (χ3n) is 5.62. The second-order valence-corrected chi connectivity index (χ2v) is 8.11. The van der Waals surface area contributed by atoms with Crippen LogP contribution in [0.4, 0.5) is 0 Å². The van der Waals surface area contributed by atoms with Crippen LogP contribution in [0.1, 0.15) is 42.4 Å². The number of rotatable bonds is 6. The Bertz CT molecular complexity index is 1120. The molecule has 0 saturated heterocycles. The summed E-state index contributed by atoms with van der Waals surface area (Å²) in [6.07, 6.45) is 2.68. The molecule has 162 valence electrons. The molecule has 2 aromatic heterocycles. The Labute approximate surface area is 182 Å². The van der Waals surface area contributed by atoms with E-state index in [0.717, 1.165) is 53.4 Å². The Morgan fingerprint density at radius 2 is 1.94 bits per heavy atom. The fourth-order valence-electron chi connectivity index (χ4n) is 3.85. The van der Waals surface area contributed by atoms with Gasteiger partial charge in [0.2, 0.25) is 0 Å². The van der Waals surface area contributed by atoms with Gasteiger partial charge in [0, 0.05) is 43.7 Å². The van der Waals surface area contributed by atoms with E-state index < -0.39 is 0 Å². The molecule has 0 spiro atoms. The number of hydrogen-bond acceptors (Lipinski definition) is 6. The quantitative estimate of drug-likeness (QED) is 0.657. The number of benzene rings is 1. The van der Waals surface area contributed by atoms with Crippen LogP contribution in [0.5, 0.6) is 11.5 Å². The standard InChI is InChI=1S/C24H28N4O3/c1-15(2)23-26-20-9-10-28(14-18(20)24(29)27-23)13-16-5-7-19(25-12-16)17-6-8-21(30-3)22(11-17)31-4/h5-8,11-12,15H,9-10,13-14H2,1-4H3,(H,26,27,29). The van der Waals surface area contributed by atoms with Crippen LogP contribution in [0.3, 0.4) is 0 Å². The Morgan fingerprint density at radius 3 is 2.61 bits per heavy atom. The van der Waals surface area contributed by atoms with Gasteiger partial charge in [0.15, 0.2) is 11.5 Å². The first kappa shape index (κ1) is 21.1. The Kier molecular flexibility index (Phi) is 6.04. The van der Waals surface area contributed by atoms with Crippen LogP contribution in [0.15, 0.2) is 41.3 Å². The molecular weight excluding hydrogens is 392 g/mol. The van der Waals surface area contributed by atoms with Crippen molar-refractivity contribution in [1.82, 2.24) is 19.9 Å². The second kappa shape index (κ2) is 8.89. The molecule has 0 unspecified atom stereocenters. The second-order valence-electron chi connectivity index (χ2n) is 8.11. The van der Waals surface area contributed by atoms with Crippen molar-refractivity contribution in [3.05, 3.63) is 69.5 Å². The van der Waals surface area contributed by atoms with E-state index in [9.17, 15) is 4.79 Å². The molecule has 7 nitrogen and oxygen atoms in total. The monoisotopic (exact) mass is 420 g/mol. The van der Waals surface area contributed by atoms with E-state index in [1.54, 1.807) is 14.2 Å². The number of hydrogen-bond donors (Lipinski definition) is 1. The minimum absolute atomic E-state index is 0.0136. The van der Waals surface area contributed by atoms with Gasteiger partial charge < -0.3 is 14.5 Å². The van der Waals surface area contributed by atoms with Gasteiger partial charge in [-0.3, -0.25) is 14.7 Å². The highest BCUT2D eigenvalue weighted by Crippen LogP contribution is 2.31. The lowest BCUT2D eigenvalue weighted by atomic mass is 10.0. The highest BCUT2D eigenvalue weighted by Gasteiger charge is 2.22. The number of nitrogens with one attached hydrogen (secondary N) is 1. The summed E-state index contributed by atoms with van der Waals surface area (Å²) >= 11 is 0. The van der Waals surface area contributed by atoms with Crippen molar-refractivity contribution >= 4 is 0 Å². The molecule has 0 atom stereocenters. The number of fused-ring (bicyclic) bond motifs is 1. The average Bonchev–Trinajstić information content (AvgIpc) is 2.79. The molecule has 4 rings (SSSR count). The zero-order chi connectivity index (χ0) is 22.0. The van der Waals surface area contributed by atoms with Crippen LogP contribution in [-0.4, -0.2) is 40.6 Å². The van der Waals surface area contributed by atoms with E-state index in [0.29, 0.717) is 18.0 Å². The third kappa shape index (κ3) is 4.46. The summed E-state index contributed by atoms with van der Waals surface area (Å²) in [5, 5.41) is 0. The number of pyridine rings is 1.